The predicted octanol–water partition coefficient (Wildman–Crippen LogP) is 3.93. The molecule has 0 radical (unpaired) electrons. The topological polar surface area (TPSA) is 58.6 Å². The number of carbonyl (C=O) groups excluding carboxylic acids is 2. The number of benzene rings is 2. The third kappa shape index (κ3) is 5.25. The average Bonchev–Trinajstić information content (AvgIpc) is 2.70. The van der Waals surface area contributed by atoms with E-state index < -0.39 is 0 Å². The number of halogens is 1. The van der Waals surface area contributed by atoms with Crippen molar-refractivity contribution in [3.05, 3.63) is 59.1 Å². The summed E-state index contributed by atoms with van der Waals surface area (Å²) in [6.45, 7) is 4.03. The SMILES string of the molecule is C[C@@H](Sc1ccc(Cl)cc1)C(=O)Nc1ccccc1C(=O)N1CCOCC1. The molecule has 142 valence electrons. The van der Waals surface area contributed by atoms with Crippen molar-refractivity contribution in [3.8, 4) is 0 Å². The van der Waals surface area contributed by atoms with Gasteiger partial charge < -0.3 is 15.0 Å². The third-order valence-corrected chi connectivity index (χ3v) is 5.57. The van der Waals surface area contributed by atoms with Crippen LogP contribution in [0.1, 0.15) is 17.3 Å². The summed E-state index contributed by atoms with van der Waals surface area (Å²) in [6.07, 6.45) is 0. The minimum absolute atomic E-state index is 0.0905. The van der Waals surface area contributed by atoms with Crippen LogP contribution in [0.2, 0.25) is 5.02 Å². The molecule has 0 spiro atoms. The lowest BCUT2D eigenvalue weighted by Crippen LogP contribution is -2.41. The molecule has 1 atom stereocenters. The van der Waals surface area contributed by atoms with Gasteiger partial charge in [0.1, 0.15) is 0 Å². The van der Waals surface area contributed by atoms with Crippen molar-refractivity contribution in [2.24, 2.45) is 0 Å². The van der Waals surface area contributed by atoms with Crippen LogP contribution in [0.15, 0.2) is 53.4 Å². The number of hydrogen-bond acceptors (Lipinski definition) is 4. The Morgan fingerprint density at radius 1 is 1.11 bits per heavy atom. The monoisotopic (exact) mass is 404 g/mol. The molecule has 1 aliphatic rings. The van der Waals surface area contributed by atoms with E-state index in [0.717, 1.165) is 4.90 Å². The van der Waals surface area contributed by atoms with Crippen LogP contribution in [0, 0.1) is 0 Å². The Balaban J connectivity index is 1.68. The fraction of sp³-hybridized carbons (Fsp3) is 0.300. The molecule has 0 aliphatic carbocycles. The van der Waals surface area contributed by atoms with Gasteiger partial charge in [0.2, 0.25) is 5.91 Å². The lowest BCUT2D eigenvalue weighted by atomic mass is 10.1. The zero-order valence-electron chi connectivity index (χ0n) is 15.0. The lowest BCUT2D eigenvalue weighted by Gasteiger charge is -2.27. The number of ether oxygens (including phenoxy) is 1. The van der Waals surface area contributed by atoms with Crippen LogP contribution in [-0.2, 0) is 9.53 Å². The highest BCUT2D eigenvalue weighted by molar-refractivity contribution is 8.00. The minimum Gasteiger partial charge on any atom is -0.378 e. The molecule has 2 aromatic carbocycles. The molecule has 0 unspecified atom stereocenters. The molecule has 0 aromatic heterocycles. The van der Waals surface area contributed by atoms with Crippen molar-refractivity contribution in [3.63, 3.8) is 0 Å². The molecule has 1 N–H and O–H groups in total. The number of nitrogens with one attached hydrogen (secondary N) is 1. The molecular formula is C20H21ClN2O3S. The van der Waals surface area contributed by atoms with Crippen molar-refractivity contribution in [1.29, 1.82) is 0 Å². The minimum atomic E-state index is -0.322. The standard InChI is InChI=1S/C20H21ClN2O3S/c1-14(27-16-8-6-15(21)7-9-16)19(24)22-18-5-3-2-4-17(18)20(25)23-10-12-26-13-11-23/h2-9,14H,10-13H2,1H3,(H,22,24)/t14-/m1/s1. The van der Waals surface area contributed by atoms with E-state index in [4.69, 9.17) is 16.3 Å². The molecule has 3 rings (SSSR count). The van der Waals surface area contributed by atoms with Gasteiger partial charge in [-0.15, -0.1) is 11.8 Å². The Morgan fingerprint density at radius 2 is 1.78 bits per heavy atom. The summed E-state index contributed by atoms with van der Waals surface area (Å²) < 4.78 is 5.30. The van der Waals surface area contributed by atoms with E-state index in [-0.39, 0.29) is 17.1 Å². The van der Waals surface area contributed by atoms with E-state index in [1.807, 2.05) is 25.1 Å². The number of para-hydroxylation sites is 1. The van der Waals surface area contributed by atoms with Crippen LogP contribution >= 0.6 is 23.4 Å². The van der Waals surface area contributed by atoms with Gasteiger partial charge in [-0.2, -0.15) is 0 Å². The van der Waals surface area contributed by atoms with Crippen LogP contribution in [0.5, 0.6) is 0 Å². The molecule has 2 aromatic rings. The zero-order chi connectivity index (χ0) is 19.2. The van der Waals surface area contributed by atoms with Gasteiger partial charge in [-0.1, -0.05) is 23.7 Å². The second-order valence-corrected chi connectivity index (χ2v) is 8.00. The Morgan fingerprint density at radius 3 is 2.48 bits per heavy atom. The summed E-state index contributed by atoms with van der Waals surface area (Å²) >= 11 is 7.34. The number of anilines is 1. The summed E-state index contributed by atoms with van der Waals surface area (Å²) in [5.41, 5.74) is 1.03. The van der Waals surface area contributed by atoms with Crippen molar-refractivity contribution in [2.45, 2.75) is 17.1 Å². The van der Waals surface area contributed by atoms with Gasteiger partial charge in [-0.25, -0.2) is 0 Å². The molecule has 5 nitrogen and oxygen atoms in total. The first-order chi connectivity index (χ1) is 13.0. The first kappa shape index (κ1) is 19.7. The second-order valence-electron chi connectivity index (χ2n) is 6.15. The van der Waals surface area contributed by atoms with Gasteiger partial charge in [-0.3, -0.25) is 9.59 Å². The van der Waals surface area contributed by atoms with Gasteiger partial charge in [0.25, 0.3) is 5.91 Å². The normalized spacial score (nSPS) is 15.3. The van der Waals surface area contributed by atoms with Gasteiger partial charge in [0, 0.05) is 23.0 Å². The van der Waals surface area contributed by atoms with Crippen molar-refractivity contribution in [1.82, 2.24) is 4.90 Å². The van der Waals surface area contributed by atoms with E-state index in [1.54, 1.807) is 35.2 Å². The molecule has 1 heterocycles. The van der Waals surface area contributed by atoms with Crippen LogP contribution < -0.4 is 5.32 Å². The quantitative estimate of drug-likeness (QED) is 0.767. The first-order valence-electron chi connectivity index (χ1n) is 8.74. The lowest BCUT2D eigenvalue weighted by molar-refractivity contribution is -0.115. The summed E-state index contributed by atoms with van der Waals surface area (Å²) in [5, 5.41) is 3.24. The van der Waals surface area contributed by atoms with Crippen LogP contribution in [0.3, 0.4) is 0 Å². The van der Waals surface area contributed by atoms with Gasteiger partial charge >= 0.3 is 0 Å². The first-order valence-corrected chi connectivity index (χ1v) is 9.99. The molecule has 1 aliphatic heterocycles. The van der Waals surface area contributed by atoms with Crippen LogP contribution in [-0.4, -0.2) is 48.3 Å². The Labute approximate surface area is 168 Å². The fourth-order valence-electron chi connectivity index (χ4n) is 2.72. The molecular weight excluding hydrogens is 384 g/mol. The van der Waals surface area contributed by atoms with Gasteiger partial charge in [-0.05, 0) is 43.3 Å². The van der Waals surface area contributed by atoms with Gasteiger partial charge in [0.15, 0.2) is 0 Å². The van der Waals surface area contributed by atoms with Crippen LogP contribution in [0.4, 0.5) is 5.69 Å². The smallest absolute Gasteiger partial charge is 0.256 e. The van der Waals surface area contributed by atoms with E-state index in [2.05, 4.69) is 5.32 Å². The Kier molecular flexibility index (Phi) is 6.77. The zero-order valence-corrected chi connectivity index (χ0v) is 16.6. The van der Waals surface area contributed by atoms with E-state index in [0.29, 0.717) is 42.6 Å². The maximum Gasteiger partial charge on any atom is 0.256 e. The Hall–Kier alpha value is -2.02. The maximum atomic E-state index is 12.8. The average molecular weight is 405 g/mol. The largest absolute Gasteiger partial charge is 0.378 e. The molecule has 0 bridgehead atoms. The number of carbonyl (C=O) groups is 2. The van der Waals surface area contributed by atoms with Crippen molar-refractivity contribution in [2.75, 3.05) is 31.6 Å². The summed E-state index contributed by atoms with van der Waals surface area (Å²) in [5.74, 6) is -0.246. The fourth-order valence-corrected chi connectivity index (χ4v) is 3.71. The number of amides is 2. The molecule has 7 heteroatoms. The van der Waals surface area contributed by atoms with E-state index >= 15 is 0 Å². The number of hydrogen-bond donors (Lipinski definition) is 1. The molecule has 1 saturated heterocycles. The summed E-state index contributed by atoms with van der Waals surface area (Å²) in [6, 6.07) is 14.5. The molecule has 1 fully saturated rings. The maximum absolute atomic E-state index is 12.8. The van der Waals surface area contributed by atoms with Crippen LogP contribution in [0.25, 0.3) is 0 Å². The van der Waals surface area contributed by atoms with E-state index in [9.17, 15) is 9.59 Å². The third-order valence-electron chi connectivity index (χ3n) is 4.21. The molecule has 0 saturated carbocycles. The molecule has 27 heavy (non-hydrogen) atoms. The van der Waals surface area contributed by atoms with Crippen molar-refractivity contribution >= 4 is 40.9 Å². The number of nitrogens with zero attached hydrogens (tertiary/aromatic N) is 1. The highest BCUT2D eigenvalue weighted by Crippen LogP contribution is 2.26. The molecule has 2 amide bonds. The number of morpholine rings is 1. The predicted molar refractivity (Wildman–Crippen MR) is 109 cm³/mol. The highest BCUT2D eigenvalue weighted by atomic mass is 35.5. The second kappa shape index (κ2) is 9.26. The Bertz CT molecular complexity index is 807. The number of rotatable bonds is 5. The number of thioether (sulfide) groups is 1. The van der Waals surface area contributed by atoms with Crippen molar-refractivity contribution < 1.29 is 14.3 Å². The summed E-state index contributed by atoms with van der Waals surface area (Å²) in [7, 11) is 0. The van der Waals surface area contributed by atoms with Gasteiger partial charge in [0.05, 0.1) is 29.7 Å². The summed E-state index contributed by atoms with van der Waals surface area (Å²) in [4.78, 5) is 28.1. The van der Waals surface area contributed by atoms with E-state index in [1.165, 1.54) is 11.8 Å². The highest BCUT2D eigenvalue weighted by Gasteiger charge is 2.22.